The highest BCUT2D eigenvalue weighted by molar-refractivity contribution is 7.53. The van der Waals surface area contributed by atoms with Gasteiger partial charge in [0.05, 0.1) is 32.6 Å². The van der Waals surface area contributed by atoms with Gasteiger partial charge in [-0.15, -0.1) is 0 Å². The zero-order valence-corrected chi connectivity index (χ0v) is 16.8. The second-order valence-corrected chi connectivity index (χ2v) is 9.30. The molecular weight excluding hydrogens is 363 g/mol. The summed E-state index contributed by atoms with van der Waals surface area (Å²) in [5, 5.41) is 0. The first-order valence-corrected chi connectivity index (χ1v) is 10.9. The van der Waals surface area contributed by atoms with Crippen LogP contribution in [0.2, 0.25) is 0 Å². The molecule has 1 aliphatic rings. The Morgan fingerprint density at radius 1 is 0.889 bits per heavy atom. The van der Waals surface area contributed by atoms with Crippen LogP contribution in [0.15, 0.2) is 60.7 Å². The third kappa shape index (κ3) is 6.56. The van der Waals surface area contributed by atoms with E-state index in [-0.39, 0.29) is 25.3 Å². The SMILES string of the molecule is CC1(C)OCC(CP(=O)(OCc2ccccc2)OCc2ccccc2)CO1. The van der Waals surface area contributed by atoms with Crippen molar-refractivity contribution in [2.45, 2.75) is 32.8 Å². The van der Waals surface area contributed by atoms with Crippen LogP contribution in [0.4, 0.5) is 0 Å². The third-order valence-corrected chi connectivity index (χ3v) is 6.37. The highest BCUT2D eigenvalue weighted by Crippen LogP contribution is 2.51. The lowest BCUT2D eigenvalue weighted by molar-refractivity contribution is -0.259. The topological polar surface area (TPSA) is 54.0 Å². The van der Waals surface area contributed by atoms with E-state index in [2.05, 4.69) is 0 Å². The molecule has 0 spiro atoms. The van der Waals surface area contributed by atoms with Crippen molar-refractivity contribution >= 4 is 7.60 Å². The maximum absolute atomic E-state index is 13.4. The van der Waals surface area contributed by atoms with Crippen molar-refractivity contribution in [2.24, 2.45) is 5.92 Å². The number of benzene rings is 2. The Labute approximate surface area is 161 Å². The summed E-state index contributed by atoms with van der Waals surface area (Å²) in [7, 11) is -3.32. The fourth-order valence-electron chi connectivity index (χ4n) is 2.79. The summed E-state index contributed by atoms with van der Waals surface area (Å²) in [5.74, 6) is -0.633. The summed E-state index contributed by atoms with van der Waals surface area (Å²) < 4.78 is 36.5. The second kappa shape index (κ2) is 9.13. The largest absolute Gasteiger partial charge is 0.350 e. The molecule has 6 heteroatoms. The minimum absolute atomic E-state index is 0.0320. The number of hydrogen-bond donors (Lipinski definition) is 0. The van der Waals surface area contributed by atoms with Gasteiger partial charge in [-0.25, -0.2) is 0 Å². The molecule has 1 fully saturated rings. The van der Waals surface area contributed by atoms with E-state index < -0.39 is 13.4 Å². The molecule has 2 aromatic rings. The fourth-order valence-corrected chi connectivity index (χ4v) is 4.61. The average molecular weight is 390 g/mol. The van der Waals surface area contributed by atoms with Crippen LogP contribution in [0.3, 0.4) is 0 Å². The van der Waals surface area contributed by atoms with Crippen molar-refractivity contribution < 1.29 is 23.1 Å². The first-order chi connectivity index (χ1) is 12.9. The van der Waals surface area contributed by atoms with Gasteiger partial charge in [0.2, 0.25) is 0 Å². The summed E-state index contributed by atoms with van der Waals surface area (Å²) >= 11 is 0. The van der Waals surface area contributed by atoms with E-state index >= 15 is 0 Å². The second-order valence-electron chi connectivity index (χ2n) is 7.20. The maximum atomic E-state index is 13.4. The van der Waals surface area contributed by atoms with E-state index in [9.17, 15) is 4.57 Å². The van der Waals surface area contributed by atoms with Crippen LogP contribution in [0.5, 0.6) is 0 Å². The van der Waals surface area contributed by atoms with Crippen LogP contribution in [-0.2, 0) is 36.3 Å². The van der Waals surface area contributed by atoms with Gasteiger partial charge in [0.15, 0.2) is 5.79 Å². The first-order valence-electron chi connectivity index (χ1n) is 9.18. The Hall–Kier alpha value is -1.49. The molecule has 0 aliphatic carbocycles. The summed E-state index contributed by atoms with van der Waals surface area (Å²) in [4.78, 5) is 0. The van der Waals surface area contributed by atoms with Gasteiger partial charge in [0, 0.05) is 5.92 Å². The minimum Gasteiger partial charge on any atom is -0.350 e. The Balaban J connectivity index is 1.64. The van der Waals surface area contributed by atoms with E-state index in [0.717, 1.165) is 11.1 Å². The van der Waals surface area contributed by atoms with Crippen molar-refractivity contribution in [3.8, 4) is 0 Å². The van der Waals surface area contributed by atoms with Crippen LogP contribution in [-0.4, -0.2) is 25.2 Å². The smallest absolute Gasteiger partial charge is 0.331 e. The average Bonchev–Trinajstić information content (AvgIpc) is 2.68. The van der Waals surface area contributed by atoms with Gasteiger partial charge in [-0.1, -0.05) is 60.7 Å². The molecule has 2 aromatic carbocycles. The number of ether oxygens (including phenoxy) is 2. The van der Waals surface area contributed by atoms with E-state index in [1.165, 1.54) is 0 Å². The highest BCUT2D eigenvalue weighted by Gasteiger charge is 2.35. The van der Waals surface area contributed by atoms with Gasteiger partial charge in [-0.2, -0.15) is 0 Å². The summed E-state index contributed by atoms with van der Waals surface area (Å²) in [5.41, 5.74) is 1.91. The van der Waals surface area contributed by atoms with Crippen molar-refractivity contribution in [1.29, 1.82) is 0 Å². The van der Waals surface area contributed by atoms with Crippen LogP contribution in [0, 0.1) is 5.92 Å². The normalized spacial score (nSPS) is 17.7. The lowest BCUT2D eigenvalue weighted by atomic mass is 10.2. The molecule has 0 atom stereocenters. The molecule has 1 heterocycles. The predicted octanol–water partition coefficient (Wildman–Crippen LogP) is 5.01. The van der Waals surface area contributed by atoms with Crippen LogP contribution in [0.1, 0.15) is 25.0 Å². The molecule has 5 nitrogen and oxygen atoms in total. The molecule has 27 heavy (non-hydrogen) atoms. The Morgan fingerprint density at radius 2 is 1.33 bits per heavy atom. The summed E-state index contributed by atoms with van der Waals surface area (Å²) in [6.45, 7) is 5.18. The molecule has 1 saturated heterocycles. The highest BCUT2D eigenvalue weighted by atomic mass is 31.2. The Bertz CT molecular complexity index is 690. The maximum Gasteiger partial charge on any atom is 0.331 e. The van der Waals surface area contributed by atoms with Gasteiger partial charge in [-0.05, 0) is 25.0 Å². The van der Waals surface area contributed by atoms with E-state index in [4.69, 9.17) is 18.5 Å². The summed E-state index contributed by atoms with van der Waals surface area (Å²) in [6, 6.07) is 19.4. The zero-order valence-electron chi connectivity index (χ0n) is 15.9. The molecule has 0 aromatic heterocycles. The van der Waals surface area contributed by atoms with Gasteiger partial charge in [-0.3, -0.25) is 4.57 Å². The number of rotatable bonds is 8. The third-order valence-electron chi connectivity index (χ3n) is 4.36. The molecule has 0 unspecified atom stereocenters. The van der Waals surface area contributed by atoms with E-state index in [1.54, 1.807) is 0 Å². The lowest BCUT2D eigenvalue weighted by Crippen LogP contribution is -2.40. The minimum atomic E-state index is -3.32. The zero-order chi connectivity index (χ0) is 19.2. The van der Waals surface area contributed by atoms with E-state index in [0.29, 0.717) is 13.2 Å². The van der Waals surface area contributed by atoms with Crippen LogP contribution in [0.25, 0.3) is 0 Å². The molecule has 0 amide bonds. The van der Waals surface area contributed by atoms with Gasteiger partial charge < -0.3 is 18.5 Å². The fraction of sp³-hybridized carbons (Fsp3) is 0.429. The predicted molar refractivity (Wildman–Crippen MR) is 104 cm³/mol. The quantitative estimate of drug-likeness (QED) is 0.593. The van der Waals surface area contributed by atoms with Crippen molar-refractivity contribution in [3.05, 3.63) is 71.8 Å². The molecule has 3 rings (SSSR count). The Kier molecular flexibility index (Phi) is 6.85. The summed E-state index contributed by atoms with van der Waals surface area (Å²) in [6.07, 6.45) is 0.267. The lowest BCUT2D eigenvalue weighted by Gasteiger charge is -2.35. The molecular formula is C21H27O5P. The van der Waals surface area contributed by atoms with Crippen molar-refractivity contribution in [2.75, 3.05) is 19.4 Å². The van der Waals surface area contributed by atoms with Gasteiger partial charge in [0.25, 0.3) is 0 Å². The molecule has 0 saturated carbocycles. The molecule has 1 aliphatic heterocycles. The monoisotopic (exact) mass is 390 g/mol. The van der Waals surface area contributed by atoms with E-state index in [1.807, 2.05) is 74.5 Å². The van der Waals surface area contributed by atoms with Crippen molar-refractivity contribution in [3.63, 3.8) is 0 Å². The molecule has 0 N–H and O–H groups in total. The molecule has 0 bridgehead atoms. The molecule has 146 valence electrons. The Morgan fingerprint density at radius 3 is 1.78 bits per heavy atom. The standard InChI is InChI=1S/C21H27O5P/c1-21(2)23-13-20(14-24-21)17-27(22,25-15-18-9-5-3-6-10-18)26-16-19-11-7-4-8-12-19/h3-12,20H,13-17H2,1-2H3. The van der Waals surface area contributed by atoms with Crippen LogP contribution < -0.4 is 0 Å². The van der Waals surface area contributed by atoms with Gasteiger partial charge >= 0.3 is 7.60 Å². The first kappa shape index (κ1) is 20.2. The van der Waals surface area contributed by atoms with Gasteiger partial charge in [0.1, 0.15) is 0 Å². The molecule has 0 radical (unpaired) electrons. The van der Waals surface area contributed by atoms with Crippen molar-refractivity contribution in [1.82, 2.24) is 0 Å². The van der Waals surface area contributed by atoms with Crippen LogP contribution >= 0.6 is 7.60 Å². The number of hydrogen-bond acceptors (Lipinski definition) is 5.